The predicted molar refractivity (Wildman–Crippen MR) is 123 cm³/mol. The first kappa shape index (κ1) is 18.5. The normalized spacial score (nSPS) is 10.8. The van der Waals surface area contributed by atoms with Crippen molar-refractivity contribution in [3.8, 4) is 0 Å². The lowest BCUT2D eigenvalue weighted by Gasteiger charge is -2.34. The molecule has 0 aliphatic rings. The highest BCUT2D eigenvalue weighted by Crippen LogP contribution is 2.42. The Morgan fingerprint density at radius 3 is 1.43 bits per heavy atom. The minimum atomic E-state index is -0.654. The van der Waals surface area contributed by atoms with Crippen LogP contribution in [0, 0.1) is 0 Å². The molecule has 0 fully saturated rings. The van der Waals surface area contributed by atoms with Gasteiger partial charge in [0.25, 0.3) is 0 Å². The number of para-hydroxylation sites is 1. The minimum absolute atomic E-state index is 0.654. The summed E-state index contributed by atoms with van der Waals surface area (Å²) >= 11 is 0. The van der Waals surface area contributed by atoms with Crippen molar-refractivity contribution in [3.63, 3.8) is 0 Å². The summed E-state index contributed by atoms with van der Waals surface area (Å²) in [4.78, 5) is 0. The molecule has 0 saturated carbocycles. The van der Waals surface area contributed by atoms with Gasteiger partial charge < -0.3 is 4.67 Å². The standard InChI is InChI=1S/C26H24NP/c1-5-13-23(14-6-1)21-22-27(24-15-7-2-8-16-24)28(25-17-9-3-10-18-25)26-19-11-4-12-20-26/h1-20H,21-22H2. The highest BCUT2D eigenvalue weighted by atomic mass is 31.1. The first-order chi connectivity index (χ1) is 13.9. The Hall–Kier alpha value is -2.89. The molecule has 0 saturated heterocycles. The van der Waals surface area contributed by atoms with Crippen molar-refractivity contribution in [1.82, 2.24) is 0 Å². The van der Waals surface area contributed by atoms with Gasteiger partial charge in [0, 0.05) is 22.8 Å². The number of anilines is 1. The van der Waals surface area contributed by atoms with Crippen LogP contribution in [0.15, 0.2) is 121 Å². The third-order valence-corrected chi connectivity index (χ3v) is 7.24. The molecule has 0 heterocycles. The van der Waals surface area contributed by atoms with E-state index in [0.29, 0.717) is 0 Å². The van der Waals surface area contributed by atoms with Gasteiger partial charge in [0.1, 0.15) is 0 Å². The lowest BCUT2D eigenvalue weighted by atomic mass is 10.1. The average molecular weight is 381 g/mol. The van der Waals surface area contributed by atoms with Crippen LogP contribution in [-0.2, 0) is 6.42 Å². The van der Waals surface area contributed by atoms with Crippen molar-refractivity contribution in [2.24, 2.45) is 0 Å². The first-order valence-corrected chi connectivity index (χ1v) is 11.0. The second-order valence-electron chi connectivity index (χ2n) is 6.68. The number of benzene rings is 4. The van der Waals surface area contributed by atoms with Crippen LogP contribution in [0.5, 0.6) is 0 Å². The van der Waals surface area contributed by atoms with E-state index in [1.807, 2.05) is 0 Å². The average Bonchev–Trinajstić information content (AvgIpc) is 2.79. The molecule has 0 radical (unpaired) electrons. The summed E-state index contributed by atoms with van der Waals surface area (Å²) in [5, 5.41) is 2.75. The van der Waals surface area contributed by atoms with Gasteiger partial charge in [-0.2, -0.15) is 0 Å². The summed E-state index contributed by atoms with van der Waals surface area (Å²) in [6, 6.07) is 43.4. The predicted octanol–water partition coefficient (Wildman–Crippen LogP) is 5.78. The molecule has 0 aromatic heterocycles. The Morgan fingerprint density at radius 1 is 0.500 bits per heavy atom. The van der Waals surface area contributed by atoms with E-state index in [1.54, 1.807) is 0 Å². The highest BCUT2D eigenvalue weighted by Gasteiger charge is 2.22. The third-order valence-electron chi connectivity index (χ3n) is 4.75. The van der Waals surface area contributed by atoms with E-state index in [9.17, 15) is 0 Å². The number of hydrogen-bond donors (Lipinski definition) is 0. The van der Waals surface area contributed by atoms with Gasteiger partial charge in [0.15, 0.2) is 0 Å². The molecule has 4 rings (SSSR count). The summed E-state index contributed by atoms with van der Waals surface area (Å²) in [7, 11) is -0.654. The monoisotopic (exact) mass is 381 g/mol. The molecule has 0 atom stereocenters. The SMILES string of the molecule is c1ccc(CCN(c2ccccc2)P(c2ccccc2)c2ccccc2)cc1. The van der Waals surface area contributed by atoms with Gasteiger partial charge in [-0.3, -0.25) is 0 Å². The van der Waals surface area contributed by atoms with Crippen LogP contribution in [0.1, 0.15) is 5.56 Å². The second kappa shape index (κ2) is 9.35. The van der Waals surface area contributed by atoms with E-state index in [0.717, 1.165) is 13.0 Å². The van der Waals surface area contributed by atoms with E-state index in [4.69, 9.17) is 0 Å². The Morgan fingerprint density at radius 2 is 0.929 bits per heavy atom. The van der Waals surface area contributed by atoms with Crippen molar-refractivity contribution in [2.75, 3.05) is 11.2 Å². The van der Waals surface area contributed by atoms with Gasteiger partial charge >= 0.3 is 0 Å². The van der Waals surface area contributed by atoms with Crippen molar-refractivity contribution >= 4 is 24.4 Å². The smallest absolute Gasteiger partial charge is 0.0550 e. The van der Waals surface area contributed by atoms with E-state index in [-0.39, 0.29) is 0 Å². The zero-order valence-electron chi connectivity index (χ0n) is 15.9. The van der Waals surface area contributed by atoms with Crippen LogP contribution >= 0.6 is 8.07 Å². The molecule has 0 spiro atoms. The fraction of sp³-hybridized carbons (Fsp3) is 0.0769. The Labute approximate surface area is 169 Å². The zero-order valence-corrected chi connectivity index (χ0v) is 16.8. The third kappa shape index (κ3) is 4.50. The molecule has 0 aliphatic heterocycles. The van der Waals surface area contributed by atoms with Crippen LogP contribution in [-0.4, -0.2) is 6.54 Å². The molecule has 0 bridgehead atoms. The largest absolute Gasteiger partial charge is 0.343 e. The summed E-state index contributed by atoms with van der Waals surface area (Å²) in [6.07, 6.45) is 1.02. The first-order valence-electron chi connectivity index (χ1n) is 9.68. The van der Waals surface area contributed by atoms with Gasteiger partial charge in [-0.1, -0.05) is 109 Å². The quantitative estimate of drug-likeness (QED) is 0.367. The molecule has 1 nitrogen and oxygen atoms in total. The molecule has 138 valence electrons. The fourth-order valence-corrected chi connectivity index (χ4v) is 5.82. The Balaban J connectivity index is 1.75. The minimum Gasteiger partial charge on any atom is -0.343 e. The van der Waals surface area contributed by atoms with Crippen molar-refractivity contribution in [2.45, 2.75) is 6.42 Å². The maximum Gasteiger partial charge on any atom is 0.0550 e. The molecule has 4 aromatic carbocycles. The molecule has 0 amide bonds. The maximum atomic E-state index is 2.59. The van der Waals surface area contributed by atoms with Crippen LogP contribution in [0.3, 0.4) is 0 Å². The van der Waals surface area contributed by atoms with Crippen molar-refractivity contribution in [1.29, 1.82) is 0 Å². The van der Waals surface area contributed by atoms with Gasteiger partial charge in [0.2, 0.25) is 0 Å². The Bertz CT molecular complexity index is 917. The van der Waals surface area contributed by atoms with Gasteiger partial charge in [-0.15, -0.1) is 0 Å². The van der Waals surface area contributed by atoms with Crippen LogP contribution in [0.4, 0.5) is 5.69 Å². The van der Waals surface area contributed by atoms with E-state index in [2.05, 4.69) is 126 Å². The second-order valence-corrected chi connectivity index (χ2v) is 8.82. The van der Waals surface area contributed by atoms with Gasteiger partial charge in [-0.25, -0.2) is 0 Å². The highest BCUT2D eigenvalue weighted by molar-refractivity contribution is 7.74. The lowest BCUT2D eigenvalue weighted by Crippen LogP contribution is -2.30. The number of hydrogen-bond acceptors (Lipinski definition) is 1. The van der Waals surface area contributed by atoms with Crippen LogP contribution < -0.4 is 15.3 Å². The molecule has 2 heteroatoms. The Kier molecular flexibility index (Phi) is 6.17. The molecular formula is C26H24NP. The molecule has 0 aliphatic carbocycles. The fourth-order valence-electron chi connectivity index (χ4n) is 3.39. The van der Waals surface area contributed by atoms with Crippen LogP contribution in [0.2, 0.25) is 0 Å². The lowest BCUT2D eigenvalue weighted by molar-refractivity contribution is 0.960. The van der Waals surface area contributed by atoms with Crippen molar-refractivity contribution < 1.29 is 0 Å². The molecule has 0 N–H and O–H groups in total. The topological polar surface area (TPSA) is 3.24 Å². The van der Waals surface area contributed by atoms with E-state index in [1.165, 1.54) is 21.9 Å². The molecule has 4 aromatic rings. The van der Waals surface area contributed by atoms with Gasteiger partial charge in [-0.05, 0) is 24.1 Å². The molecule has 0 unspecified atom stereocenters. The summed E-state index contributed by atoms with van der Waals surface area (Å²) in [5.74, 6) is 0. The van der Waals surface area contributed by atoms with Crippen molar-refractivity contribution in [3.05, 3.63) is 127 Å². The summed E-state index contributed by atoms with van der Waals surface area (Å²) in [6.45, 7) is 0.976. The summed E-state index contributed by atoms with van der Waals surface area (Å²) in [5.41, 5.74) is 2.65. The number of rotatable bonds is 7. The van der Waals surface area contributed by atoms with E-state index < -0.39 is 8.07 Å². The zero-order chi connectivity index (χ0) is 19.0. The number of nitrogens with zero attached hydrogens (tertiary/aromatic N) is 1. The van der Waals surface area contributed by atoms with Gasteiger partial charge in [0.05, 0.1) is 8.07 Å². The summed E-state index contributed by atoms with van der Waals surface area (Å²) < 4.78 is 2.59. The van der Waals surface area contributed by atoms with Crippen LogP contribution in [0.25, 0.3) is 0 Å². The maximum absolute atomic E-state index is 2.59. The molecule has 28 heavy (non-hydrogen) atoms. The molecular weight excluding hydrogens is 357 g/mol. The van der Waals surface area contributed by atoms with E-state index >= 15 is 0 Å².